The van der Waals surface area contributed by atoms with Crippen LogP contribution in [0.1, 0.15) is 21.7 Å². The molecule has 0 aliphatic rings. The highest BCUT2D eigenvalue weighted by Crippen LogP contribution is 2.23. The van der Waals surface area contributed by atoms with Crippen molar-refractivity contribution in [3.05, 3.63) is 35.1 Å². The Morgan fingerprint density at radius 1 is 1.21 bits per heavy atom. The van der Waals surface area contributed by atoms with Crippen molar-refractivity contribution in [2.24, 2.45) is 0 Å². The largest absolute Gasteiger partial charge is 0.480 e. The summed E-state index contributed by atoms with van der Waals surface area (Å²) in [5.41, 5.74) is 2.83. The van der Waals surface area contributed by atoms with Crippen molar-refractivity contribution in [1.29, 1.82) is 0 Å². The highest BCUT2D eigenvalue weighted by molar-refractivity contribution is 5.97. The predicted molar refractivity (Wildman–Crippen MR) is 70.3 cm³/mol. The summed E-state index contributed by atoms with van der Waals surface area (Å²) in [7, 11) is 1.43. The fourth-order valence-corrected chi connectivity index (χ4v) is 1.87. The van der Waals surface area contributed by atoms with E-state index < -0.39 is 11.9 Å². The first-order valence-corrected chi connectivity index (χ1v) is 5.86. The third-order valence-corrected chi connectivity index (χ3v) is 3.06. The number of rotatable bonds is 3. The smallest absolute Gasteiger partial charge is 0.323 e. The summed E-state index contributed by atoms with van der Waals surface area (Å²) in [5.74, 6) is -1.34. The number of carboxylic acids is 1. The molecular formula is C14H15NO4. The minimum absolute atomic E-state index is 0.156. The van der Waals surface area contributed by atoms with Gasteiger partial charge in [0, 0.05) is 12.4 Å². The van der Waals surface area contributed by atoms with Crippen LogP contribution in [0, 0.1) is 13.8 Å². The maximum absolute atomic E-state index is 12.0. The Bertz CT molecular complexity index is 618. The van der Waals surface area contributed by atoms with Crippen molar-refractivity contribution in [3.8, 4) is 0 Å². The summed E-state index contributed by atoms with van der Waals surface area (Å²) in [4.78, 5) is 23.7. The molecule has 0 unspecified atom stereocenters. The molecule has 2 aromatic rings. The molecule has 2 rings (SSSR count). The number of carbonyl (C=O) groups is 2. The monoisotopic (exact) mass is 261 g/mol. The molecule has 100 valence electrons. The van der Waals surface area contributed by atoms with Crippen molar-refractivity contribution in [3.63, 3.8) is 0 Å². The van der Waals surface area contributed by atoms with Crippen LogP contribution in [-0.2, 0) is 4.79 Å². The third kappa shape index (κ3) is 2.59. The molecule has 0 bridgehead atoms. The van der Waals surface area contributed by atoms with Crippen LogP contribution in [-0.4, -0.2) is 35.5 Å². The molecule has 5 heteroatoms. The van der Waals surface area contributed by atoms with Gasteiger partial charge in [-0.1, -0.05) is 0 Å². The Balaban J connectivity index is 2.35. The van der Waals surface area contributed by atoms with Gasteiger partial charge in [-0.05, 0) is 43.2 Å². The molecular weight excluding hydrogens is 246 g/mol. The number of fused-ring (bicyclic) bond motifs is 1. The zero-order chi connectivity index (χ0) is 14.2. The van der Waals surface area contributed by atoms with Gasteiger partial charge < -0.3 is 14.4 Å². The maximum Gasteiger partial charge on any atom is 0.323 e. The molecule has 0 atom stereocenters. The quantitative estimate of drug-likeness (QED) is 0.919. The van der Waals surface area contributed by atoms with E-state index in [1.165, 1.54) is 7.05 Å². The predicted octanol–water partition coefficient (Wildman–Crippen LogP) is 2.21. The summed E-state index contributed by atoms with van der Waals surface area (Å²) in [5, 5.41) is 9.51. The van der Waals surface area contributed by atoms with Gasteiger partial charge in [0.05, 0.1) is 0 Å². The van der Waals surface area contributed by atoms with Gasteiger partial charge in [-0.25, -0.2) is 0 Å². The summed E-state index contributed by atoms with van der Waals surface area (Å²) in [6.45, 7) is 3.60. The van der Waals surface area contributed by atoms with Crippen molar-refractivity contribution in [1.82, 2.24) is 4.90 Å². The van der Waals surface area contributed by atoms with Crippen LogP contribution < -0.4 is 0 Å². The van der Waals surface area contributed by atoms with Crippen molar-refractivity contribution in [2.75, 3.05) is 13.6 Å². The zero-order valence-electron chi connectivity index (χ0n) is 11.1. The summed E-state index contributed by atoms with van der Waals surface area (Å²) >= 11 is 0. The number of hydrogen-bond donors (Lipinski definition) is 1. The minimum atomic E-state index is -1.06. The highest BCUT2D eigenvalue weighted by atomic mass is 16.4. The second-order valence-corrected chi connectivity index (χ2v) is 4.64. The molecule has 1 heterocycles. The van der Waals surface area contributed by atoms with Gasteiger partial charge in [0.15, 0.2) is 5.76 Å². The molecule has 0 saturated heterocycles. The lowest BCUT2D eigenvalue weighted by atomic mass is 10.1. The van der Waals surface area contributed by atoms with Gasteiger partial charge in [-0.15, -0.1) is 0 Å². The number of amides is 1. The van der Waals surface area contributed by atoms with Gasteiger partial charge in [0.1, 0.15) is 12.1 Å². The first-order chi connectivity index (χ1) is 8.88. The number of likely N-dealkylation sites (N-methyl/N-ethyl adjacent to an activating group) is 1. The summed E-state index contributed by atoms with van der Waals surface area (Å²) in [6, 6.07) is 5.46. The molecule has 1 amide bonds. The number of nitrogens with zero attached hydrogens (tertiary/aromatic N) is 1. The Kier molecular flexibility index (Phi) is 3.29. The van der Waals surface area contributed by atoms with E-state index in [9.17, 15) is 9.59 Å². The van der Waals surface area contributed by atoms with E-state index in [1.54, 1.807) is 6.07 Å². The molecule has 0 saturated carbocycles. The topological polar surface area (TPSA) is 70.8 Å². The average Bonchev–Trinajstić information content (AvgIpc) is 2.70. The number of aryl methyl sites for hydroxylation is 2. The average molecular weight is 261 g/mol. The molecule has 0 aliphatic carbocycles. The maximum atomic E-state index is 12.0. The van der Waals surface area contributed by atoms with Crippen LogP contribution in [0.15, 0.2) is 22.6 Å². The number of hydrogen-bond acceptors (Lipinski definition) is 3. The van der Waals surface area contributed by atoms with E-state index in [0.717, 1.165) is 21.4 Å². The molecule has 1 aromatic carbocycles. The second-order valence-electron chi connectivity index (χ2n) is 4.64. The van der Waals surface area contributed by atoms with Gasteiger partial charge >= 0.3 is 5.97 Å². The lowest BCUT2D eigenvalue weighted by Crippen LogP contribution is -2.31. The van der Waals surface area contributed by atoms with E-state index in [1.807, 2.05) is 26.0 Å². The number of benzene rings is 1. The normalized spacial score (nSPS) is 10.7. The fourth-order valence-electron chi connectivity index (χ4n) is 1.87. The Morgan fingerprint density at radius 3 is 2.47 bits per heavy atom. The first-order valence-electron chi connectivity index (χ1n) is 5.86. The van der Waals surface area contributed by atoms with Crippen molar-refractivity contribution < 1.29 is 19.1 Å². The van der Waals surface area contributed by atoms with Crippen molar-refractivity contribution in [2.45, 2.75) is 13.8 Å². The fraction of sp³-hybridized carbons (Fsp3) is 0.286. The van der Waals surface area contributed by atoms with E-state index in [4.69, 9.17) is 9.52 Å². The summed E-state index contributed by atoms with van der Waals surface area (Å²) < 4.78 is 5.48. The molecule has 0 radical (unpaired) electrons. The van der Waals surface area contributed by atoms with Crippen LogP contribution in [0.4, 0.5) is 0 Å². The highest BCUT2D eigenvalue weighted by Gasteiger charge is 2.18. The molecule has 0 aliphatic heterocycles. The van der Waals surface area contributed by atoms with E-state index in [2.05, 4.69) is 0 Å². The van der Waals surface area contributed by atoms with Crippen LogP contribution in [0.3, 0.4) is 0 Å². The second kappa shape index (κ2) is 4.76. The number of carboxylic acid groups (broad SMARTS) is 1. The molecule has 19 heavy (non-hydrogen) atoms. The van der Waals surface area contributed by atoms with E-state index in [0.29, 0.717) is 5.58 Å². The lowest BCUT2D eigenvalue weighted by molar-refractivity contribution is -0.137. The number of furan rings is 1. The molecule has 1 aromatic heterocycles. The van der Waals surface area contributed by atoms with Crippen molar-refractivity contribution >= 4 is 22.8 Å². The number of aliphatic carboxylic acids is 1. The van der Waals surface area contributed by atoms with Gasteiger partial charge in [-0.3, -0.25) is 9.59 Å². The Hall–Kier alpha value is -2.30. The Labute approximate surface area is 110 Å². The summed E-state index contributed by atoms with van der Waals surface area (Å²) in [6.07, 6.45) is 0. The lowest BCUT2D eigenvalue weighted by Gasteiger charge is -2.11. The van der Waals surface area contributed by atoms with Gasteiger partial charge in [0.25, 0.3) is 5.91 Å². The van der Waals surface area contributed by atoms with E-state index in [-0.39, 0.29) is 12.3 Å². The number of carbonyl (C=O) groups excluding carboxylic acids is 1. The SMILES string of the molecule is Cc1cc2cc(C(=O)N(C)CC(=O)O)oc2cc1C. The zero-order valence-corrected chi connectivity index (χ0v) is 11.1. The molecule has 5 nitrogen and oxygen atoms in total. The van der Waals surface area contributed by atoms with E-state index >= 15 is 0 Å². The van der Waals surface area contributed by atoms with Crippen LogP contribution >= 0.6 is 0 Å². The molecule has 1 N–H and O–H groups in total. The van der Waals surface area contributed by atoms with Gasteiger partial charge in [0.2, 0.25) is 0 Å². The van der Waals surface area contributed by atoms with Crippen LogP contribution in [0.25, 0.3) is 11.0 Å². The van der Waals surface area contributed by atoms with Crippen LogP contribution in [0.2, 0.25) is 0 Å². The molecule has 0 spiro atoms. The van der Waals surface area contributed by atoms with Gasteiger partial charge in [-0.2, -0.15) is 0 Å². The minimum Gasteiger partial charge on any atom is -0.480 e. The Morgan fingerprint density at radius 2 is 1.84 bits per heavy atom. The van der Waals surface area contributed by atoms with Crippen LogP contribution in [0.5, 0.6) is 0 Å². The molecule has 0 fully saturated rings. The standard InChI is InChI=1S/C14H15NO4/c1-8-4-10-6-12(19-11(10)5-9(8)2)14(18)15(3)7-13(16)17/h4-6H,7H2,1-3H3,(H,16,17). The first kappa shape index (κ1) is 13.1. The third-order valence-electron chi connectivity index (χ3n) is 3.06.